The average Bonchev–Trinajstić information content (AvgIpc) is 2.67. The Morgan fingerprint density at radius 2 is 2.20 bits per heavy atom. The van der Waals surface area contributed by atoms with Crippen LogP contribution in [0.3, 0.4) is 0 Å². The zero-order valence-electron chi connectivity index (χ0n) is 14.0. The number of hydrogen-bond donors (Lipinski definition) is 2. The number of nitrogens with one attached hydrogen (secondary N) is 2. The van der Waals surface area contributed by atoms with E-state index in [1.807, 2.05) is 12.3 Å². The number of benzene rings is 1. The van der Waals surface area contributed by atoms with Gasteiger partial charge in [0.1, 0.15) is 0 Å². The lowest BCUT2D eigenvalue weighted by atomic mass is 10.0. The normalized spacial score (nSPS) is 17.8. The van der Waals surface area contributed by atoms with Crippen LogP contribution in [0.1, 0.15) is 18.4 Å². The number of fused-ring (bicyclic) bond motifs is 1. The fourth-order valence-electron chi connectivity index (χ4n) is 3.40. The molecule has 1 fully saturated rings. The van der Waals surface area contributed by atoms with Crippen molar-refractivity contribution < 1.29 is 0 Å². The van der Waals surface area contributed by atoms with Gasteiger partial charge in [-0.15, -0.1) is 0 Å². The van der Waals surface area contributed by atoms with E-state index in [9.17, 15) is 4.79 Å². The largest absolute Gasteiger partial charge is 0.350 e. The third kappa shape index (κ3) is 3.53. The predicted octanol–water partition coefficient (Wildman–Crippen LogP) is 2.08. The van der Waals surface area contributed by atoms with Gasteiger partial charge in [0.15, 0.2) is 5.82 Å². The molecule has 0 bridgehead atoms. The van der Waals surface area contributed by atoms with Crippen molar-refractivity contribution in [3.8, 4) is 0 Å². The van der Waals surface area contributed by atoms with Crippen LogP contribution in [0.15, 0.2) is 53.7 Å². The molecule has 0 spiro atoms. The Kier molecular flexibility index (Phi) is 4.43. The molecule has 25 heavy (non-hydrogen) atoms. The van der Waals surface area contributed by atoms with Gasteiger partial charge in [0.25, 0.3) is 5.56 Å². The molecule has 0 aliphatic carbocycles. The fraction of sp³-hybridized carbons (Fsp3) is 0.316. The summed E-state index contributed by atoms with van der Waals surface area (Å²) in [7, 11) is 0. The summed E-state index contributed by atoms with van der Waals surface area (Å²) < 4.78 is 0. The summed E-state index contributed by atoms with van der Waals surface area (Å²) in [6, 6.07) is 10.8. The molecule has 1 saturated heterocycles. The smallest absolute Gasteiger partial charge is 0.290 e. The van der Waals surface area contributed by atoms with Crippen LogP contribution in [-0.2, 0) is 6.54 Å². The lowest BCUT2D eigenvalue weighted by Gasteiger charge is -2.33. The van der Waals surface area contributed by atoms with E-state index >= 15 is 0 Å². The third-order valence-electron chi connectivity index (χ3n) is 4.67. The van der Waals surface area contributed by atoms with Crippen LogP contribution in [0.25, 0.3) is 10.9 Å². The van der Waals surface area contributed by atoms with Gasteiger partial charge >= 0.3 is 0 Å². The summed E-state index contributed by atoms with van der Waals surface area (Å²) in [5.74, 6) is 0.519. The molecule has 1 atom stereocenters. The first kappa shape index (κ1) is 15.8. The maximum atomic E-state index is 11.9. The molecular weight excluding hydrogens is 314 g/mol. The van der Waals surface area contributed by atoms with Gasteiger partial charge in [0, 0.05) is 49.7 Å². The molecule has 1 aliphatic rings. The summed E-state index contributed by atoms with van der Waals surface area (Å²) >= 11 is 0. The van der Waals surface area contributed by atoms with Crippen LogP contribution in [0.5, 0.6) is 0 Å². The Morgan fingerprint density at radius 3 is 3.12 bits per heavy atom. The van der Waals surface area contributed by atoms with Crippen molar-refractivity contribution in [2.24, 2.45) is 0 Å². The van der Waals surface area contributed by atoms with Crippen molar-refractivity contribution in [3.63, 3.8) is 0 Å². The molecule has 128 valence electrons. The number of anilines is 1. The molecule has 1 aromatic carbocycles. The summed E-state index contributed by atoms with van der Waals surface area (Å²) in [4.78, 5) is 25.3. The molecule has 0 unspecified atom stereocenters. The zero-order chi connectivity index (χ0) is 17.1. The molecule has 3 heterocycles. The average molecular weight is 335 g/mol. The maximum absolute atomic E-state index is 11.9. The Hall–Kier alpha value is -2.73. The van der Waals surface area contributed by atoms with Gasteiger partial charge in [0.2, 0.25) is 0 Å². The SMILES string of the molecule is O=c1[nH]ccnc1N1CCC[C@H](NCc2ccc3ncccc3c2)C1. The van der Waals surface area contributed by atoms with E-state index < -0.39 is 0 Å². The minimum atomic E-state index is -0.120. The molecular formula is C19H21N5O. The second kappa shape index (κ2) is 7.03. The number of hydrogen-bond acceptors (Lipinski definition) is 5. The predicted molar refractivity (Wildman–Crippen MR) is 98.7 cm³/mol. The summed E-state index contributed by atoms with van der Waals surface area (Å²) in [6.07, 6.45) is 7.18. The Labute approximate surface area is 145 Å². The van der Waals surface area contributed by atoms with Crippen molar-refractivity contribution in [1.82, 2.24) is 20.3 Å². The van der Waals surface area contributed by atoms with Gasteiger partial charge in [-0.2, -0.15) is 0 Å². The highest BCUT2D eigenvalue weighted by Gasteiger charge is 2.22. The summed E-state index contributed by atoms with van der Waals surface area (Å²) in [5, 5.41) is 4.78. The molecule has 0 saturated carbocycles. The fourth-order valence-corrected chi connectivity index (χ4v) is 3.40. The monoisotopic (exact) mass is 335 g/mol. The second-order valence-electron chi connectivity index (χ2n) is 6.44. The van der Waals surface area contributed by atoms with Crippen LogP contribution in [0, 0.1) is 0 Å². The van der Waals surface area contributed by atoms with Gasteiger partial charge in [-0.25, -0.2) is 4.98 Å². The van der Waals surface area contributed by atoms with Crippen LogP contribution in [-0.4, -0.2) is 34.1 Å². The molecule has 6 nitrogen and oxygen atoms in total. The quantitative estimate of drug-likeness (QED) is 0.764. The van der Waals surface area contributed by atoms with Gasteiger partial charge in [-0.05, 0) is 36.6 Å². The molecule has 2 aromatic heterocycles. The van der Waals surface area contributed by atoms with Gasteiger partial charge in [-0.3, -0.25) is 9.78 Å². The van der Waals surface area contributed by atoms with Gasteiger partial charge in [0.05, 0.1) is 5.52 Å². The molecule has 3 aromatic rings. The highest BCUT2D eigenvalue weighted by atomic mass is 16.1. The zero-order valence-corrected chi connectivity index (χ0v) is 14.0. The topological polar surface area (TPSA) is 73.9 Å². The summed E-state index contributed by atoms with van der Waals surface area (Å²) in [6.45, 7) is 2.48. The number of piperidine rings is 1. The first-order valence-electron chi connectivity index (χ1n) is 8.65. The first-order chi connectivity index (χ1) is 12.3. The Bertz CT molecular complexity index is 923. The number of pyridine rings is 1. The van der Waals surface area contributed by atoms with E-state index in [1.165, 1.54) is 5.56 Å². The minimum Gasteiger partial charge on any atom is -0.350 e. The van der Waals surface area contributed by atoms with E-state index in [1.54, 1.807) is 12.4 Å². The van der Waals surface area contributed by atoms with Crippen LogP contribution < -0.4 is 15.8 Å². The first-order valence-corrected chi connectivity index (χ1v) is 8.65. The highest BCUT2D eigenvalue weighted by Crippen LogP contribution is 2.16. The van der Waals surface area contributed by atoms with E-state index in [0.717, 1.165) is 43.4 Å². The second-order valence-corrected chi connectivity index (χ2v) is 6.44. The van der Waals surface area contributed by atoms with Crippen LogP contribution in [0.2, 0.25) is 0 Å². The summed E-state index contributed by atoms with van der Waals surface area (Å²) in [5.41, 5.74) is 2.14. The molecule has 6 heteroatoms. The Morgan fingerprint density at radius 1 is 1.24 bits per heavy atom. The van der Waals surface area contributed by atoms with Crippen LogP contribution in [0.4, 0.5) is 5.82 Å². The van der Waals surface area contributed by atoms with Gasteiger partial charge < -0.3 is 15.2 Å². The number of rotatable bonds is 4. The van der Waals surface area contributed by atoms with Crippen molar-refractivity contribution in [2.75, 3.05) is 18.0 Å². The Balaban J connectivity index is 1.42. The molecule has 4 rings (SSSR count). The lowest BCUT2D eigenvalue weighted by molar-refractivity contribution is 0.419. The molecule has 2 N–H and O–H groups in total. The maximum Gasteiger partial charge on any atom is 0.290 e. The van der Waals surface area contributed by atoms with Gasteiger partial charge in [-0.1, -0.05) is 12.1 Å². The molecule has 1 aliphatic heterocycles. The molecule has 0 radical (unpaired) electrons. The minimum absolute atomic E-state index is 0.120. The standard InChI is InChI=1S/C19H21N5O/c25-19-18(21-8-9-22-19)24-10-2-4-16(13-24)23-12-14-5-6-17-15(11-14)3-1-7-20-17/h1,3,5-9,11,16,23H,2,4,10,12-13H2,(H,22,25)/t16-/m0/s1. The number of nitrogens with zero attached hydrogens (tertiary/aromatic N) is 3. The van der Waals surface area contributed by atoms with Crippen molar-refractivity contribution in [3.05, 3.63) is 64.8 Å². The molecule has 0 amide bonds. The van der Waals surface area contributed by atoms with Crippen molar-refractivity contribution in [2.45, 2.75) is 25.4 Å². The van der Waals surface area contributed by atoms with Crippen LogP contribution >= 0.6 is 0 Å². The van der Waals surface area contributed by atoms with Crippen molar-refractivity contribution in [1.29, 1.82) is 0 Å². The highest BCUT2D eigenvalue weighted by molar-refractivity contribution is 5.78. The number of aromatic nitrogens is 3. The van der Waals surface area contributed by atoms with Crippen molar-refractivity contribution >= 4 is 16.7 Å². The van der Waals surface area contributed by atoms with E-state index in [4.69, 9.17) is 0 Å². The lowest BCUT2D eigenvalue weighted by Crippen LogP contribution is -2.47. The van der Waals surface area contributed by atoms with E-state index in [0.29, 0.717) is 11.9 Å². The number of H-pyrrole nitrogens is 1. The van der Waals surface area contributed by atoms with E-state index in [-0.39, 0.29) is 5.56 Å². The third-order valence-corrected chi connectivity index (χ3v) is 4.67. The van der Waals surface area contributed by atoms with E-state index in [2.05, 4.69) is 49.4 Å². The number of aromatic amines is 1.